The standard InChI is InChI=1S/C24H15F8N3O3/c1-11-7-16(34-35(11)9-12-3-2-4-13(8-12)24(30,31)32)33-23(36)15-6-5-14(38-15)10-37-22-20(28)18(26)17(25)19(27)21(22)29/h2-8H,9-10H2,1H3,(H,33,34,36). The summed E-state index contributed by atoms with van der Waals surface area (Å²) in [4.78, 5) is 12.5. The van der Waals surface area contributed by atoms with E-state index in [1.165, 1.54) is 35.0 Å². The van der Waals surface area contributed by atoms with Crippen LogP contribution >= 0.6 is 0 Å². The van der Waals surface area contributed by atoms with E-state index in [4.69, 9.17) is 4.42 Å². The van der Waals surface area contributed by atoms with Gasteiger partial charge in [-0.2, -0.15) is 27.1 Å². The van der Waals surface area contributed by atoms with Crippen LogP contribution in [0.1, 0.15) is 33.1 Å². The van der Waals surface area contributed by atoms with Gasteiger partial charge < -0.3 is 14.5 Å². The number of ether oxygens (including phenoxy) is 1. The summed E-state index contributed by atoms with van der Waals surface area (Å²) in [6, 6.07) is 8.49. The minimum absolute atomic E-state index is 0.00838. The third kappa shape index (κ3) is 5.48. The summed E-state index contributed by atoms with van der Waals surface area (Å²) in [5, 5.41) is 6.56. The number of amides is 1. The van der Waals surface area contributed by atoms with E-state index in [9.17, 15) is 39.9 Å². The van der Waals surface area contributed by atoms with Crippen molar-refractivity contribution in [2.24, 2.45) is 0 Å². The van der Waals surface area contributed by atoms with Gasteiger partial charge in [-0.15, -0.1) is 0 Å². The number of aromatic nitrogens is 2. The number of hydrogen-bond donors (Lipinski definition) is 1. The van der Waals surface area contributed by atoms with Gasteiger partial charge in [0.2, 0.25) is 29.1 Å². The van der Waals surface area contributed by atoms with Crippen LogP contribution in [0.15, 0.2) is 46.9 Å². The first-order valence-corrected chi connectivity index (χ1v) is 10.6. The second-order valence-corrected chi connectivity index (χ2v) is 7.93. The molecule has 38 heavy (non-hydrogen) atoms. The minimum Gasteiger partial charge on any atom is -0.479 e. The van der Waals surface area contributed by atoms with Crippen LogP contribution in [0.5, 0.6) is 5.75 Å². The molecule has 6 nitrogen and oxygen atoms in total. The molecule has 0 atom stereocenters. The van der Waals surface area contributed by atoms with E-state index < -0.39 is 59.1 Å². The Morgan fingerprint density at radius 3 is 2.29 bits per heavy atom. The Hall–Kier alpha value is -4.36. The average molecular weight is 545 g/mol. The van der Waals surface area contributed by atoms with Crippen LogP contribution < -0.4 is 10.1 Å². The number of halogens is 8. The van der Waals surface area contributed by atoms with Crippen molar-refractivity contribution in [3.8, 4) is 5.75 Å². The zero-order valence-corrected chi connectivity index (χ0v) is 19.1. The summed E-state index contributed by atoms with van der Waals surface area (Å²) >= 11 is 0. The molecule has 0 radical (unpaired) electrons. The molecule has 1 N–H and O–H groups in total. The van der Waals surface area contributed by atoms with Gasteiger partial charge in [0.05, 0.1) is 12.1 Å². The fourth-order valence-corrected chi connectivity index (χ4v) is 3.36. The number of benzene rings is 2. The minimum atomic E-state index is -4.50. The van der Waals surface area contributed by atoms with Gasteiger partial charge in [-0.1, -0.05) is 12.1 Å². The molecule has 0 aliphatic carbocycles. The molecule has 0 saturated carbocycles. The molecule has 14 heteroatoms. The van der Waals surface area contributed by atoms with Crippen LogP contribution in [0.3, 0.4) is 0 Å². The molecule has 1 amide bonds. The van der Waals surface area contributed by atoms with Crippen molar-refractivity contribution in [2.45, 2.75) is 26.3 Å². The second kappa shape index (κ2) is 10.2. The summed E-state index contributed by atoms with van der Waals surface area (Å²) in [5.41, 5.74) is 0.0357. The van der Waals surface area contributed by atoms with Crippen molar-refractivity contribution in [3.63, 3.8) is 0 Å². The molecular formula is C24H15F8N3O3. The molecule has 0 aliphatic heterocycles. The third-order valence-corrected chi connectivity index (χ3v) is 5.22. The Balaban J connectivity index is 1.42. The highest BCUT2D eigenvalue weighted by molar-refractivity contribution is 6.01. The van der Waals surface area contributed by atoms with Crippen molar-refractivity contribution in [1.29, 1.82) is 0 Å². The molecule has 200 valence electrons. The number of carbonyl (C=O) groups excluding carboxylic acids is 1. The smallest absolute Gasteiger partial charge is 0.416 e. The number of carbonyl (C=O) groups is 1. The number of alkyl halides is 3. The zero-order chi connectivity index (χ0) is 27.8. The highest BCUT2D eigenvalue weighted by atomic mass is 19.4. The lowest BCUT2D eigenvalue weighted by Gasteiger charge is -2.09. The maximum absolute atomic E-state index is 13.7. The first kappa shape index (κ1) is 26.7. The Bertz CT molecular complexity index is 1480. The van der Waals surface area contributed by atoms with Crippen LogP contribution in [0.4, 0.5) is 40.9 Å². The molecule has 4 aromatic rings. The van der Waals surface area contributed by atoms with Gasteiger partial charge in [0.1, 0.15) is 12.4 Å². The van der Waals surface area contributed by atoms with E-state index in [1.54, 1.807) is 6.92 Å². The fraction of sp³-hybridized carbons (Fsp3) is 0.167. The van der Waals surface area contributed by atoms with Gasteiger partial charge in [0.15, 0.2) is 17.3 Å². The fourth-order valence-electron chi connectivity index (χ4n) is 3.36. The predicted molar refractivity (Wildman–Crippen MR) is 115 cm³/mol. The normalized spacial score (nSPS) is 11.6. The van der Waals surface area contributed by atoms with Gasteiger partial charge in [-0.3, -0.25) is 9.48 Å². The van der Waals surface area contributed by atoms with E-state index in [-0.39, 0.29) is 23.9 Å². The first-order valence-electron chi connectivity index (χ1n) is 10.6. The molecule has 0 unspecified atom stereocenters. The van der Waals surface area contributed by atoms with Crippen molar-refractivity contribution in [2.75, 3.05) is 5.32 Å². The van der Waals surface area contributed by atoms with E-state index >= 15 is 0 Å². The number of anilines is 1. The molecule has 2 aromatic heterocycles. The lowest BCUT2D eigenvalue weighted by atomic mass is 10.1. The summed E-state index contributed by atoms with van der Waals surface area (Å²) in [6.45, 7) is 0.847. The average Bonchev–Trinajstić information content (AvgIpc) is 3.47. The van der Waals surface area contributed by atoms with Crippen LogP contribution in [0.2, 0.25) is 0 Å². The van der Waals surface area contributed by atoms with Crippen LogP contribution in [-0.2, 0) is 19.3 Å². The Morgan fingerprint density at radius 2 is 1.63 bits per heavy atom. The summed E-state index contributed by atoms with van der Waals surface area (Å²) < 4.78 is 117. The molecule has 0 bridgehead atoms. The maximum atomic E-state index is 13.7. The van der Waals surface area contributed by atoms with Crippen molar-refractivity contribution in [3.05, 3.63) is 99.9 Å². The highest BCUT2D eigenvalue weighted by Gasteiger charge is 2.30. The lowest BCUT2D eigenvalue weighted by Crippen LogP contribution is -2.12. The van der Waals surface area contributed by atoms with Gasteiger partial charge in [0, 0.05) is 11.8 Å². The number of nitrogens with one attached hydrogen (secondary N) is 1. The topological polar surface area (TPSA) is 69.3 Å². The number of nitrogens with zero attached hydrogens (tertiary/aromatic N) is 2. The van der Waals surface area contributed by atoms with Crippen LogP contribution in [-0.4, -0.2) is 15.7 Å². The largest absolute Gasteiger partial charge is 0.479 e. The third-order valence-electron chi connectivity index (χ3n) is 5.22. The molecule has 0 aliphatic rings. The van der Waals surface area contributed by atoms with Gasteiger partial charge in [-0.25, -0.2) is 13.2 Å². The lowest BCUT2D eigenvalue weighted by molar-refractivity contribution is -0.137. The highest BCUT2D eigenvalue weighted by Crippen LogP contribution is 2.31. The first-order chi connectivity index (χ1) is 17.8. The summed E-state index contributed by atoms with van der Waals surface area (Å²) in [5.74, 6) is -13.8. The molecule has 2 aromatic carbocycles. The number of rotatable bonds is 7. The summed E-state index contributed by atoms with van der Waals surface area (Å²) in [7, 11) is 0. The molecule has 2 heterocycles. The van der Waals surface area contributed by atoms with E-state index in [0.717, 1.165) is 12.1 Å². The SMILES string of the molecule is Cc1cc(NC(=O)c2ccc(COc3c(F)c(F)c(F)c(F)c3F)o2)nn1Cc1cccc(C(F)(F)F)c1. The molecule has 0 spiro atoms. The molecule has 0 fully saturated rings. The monoisotopic (exact) mass is 545 g/mol. The summed E-state index contributed by atoms with van der Waals surface area (Å²) in [6.07, 6.45) is -4.50. The molecule has 0 saturated heterocycles. The Morgan fingerprint density at radius 1 is 0.974 bits per heavy atom. The van der Waals surface area contributed by atoms with Gasteiger partial charge in [-0.05, 0) is 36.8 Å². The van der Waals surface area contributed by atoms with Crippen LogP contribution in [0.25, 0.3) is 0 Å². The predicted octanol–water partition coefficient (Wildman–Crippen LogP) is 6.38. The second-order valence-electron chi connectivity index (χ2n) is 7.93. The van der Waals surface area contributed by atoms with E-state index in [1.807, 2.05) is 0 Å². The van der Waals surface area contributed by atoms with Crippen molar-refractivity contribution >= 4 is 11.7 Å². The zero-order valence-electron chi connectivity index (χ0n) is 19.1. The van der Waals surface area contributed by atoms with Crippen molar-refractivity contribution < 1.29 is 49.1 Å². The number of furan rings is 1. The maximum Gasteiger partial charge on any atom is 0.416 e. The van der Waals surface area contributed by atoms with E-state index in [2.05, 4.69) is 15.2 Å². The van der Waals surface area contributed by atoms with Crippen molar-refractivity contribution in [1.82, 2.24) is 9.78 Å². The molecule has 4 rings (SSSR count). The number of hydrogen-bond acceptors (Lipinski definition) is 4. The van der Waals surface area contributed by atoms with Crippen LogP contribution in [0, 0.1) is 36.0 Å². The quantitative estimate of drug-likeness (QED) is 0.166. The Kier molecular flexibility index (Phi) is 7.16. The Labute approximate surface area is 208 Å². The van der Waals surface area contributed by atoms with Gasteiger partial charge in [0.25, 0.3) is 5.91 Å². The number of aryl methyl sites for hydroxylation is 1. The van der Waals surface area contributed by atoms with Gasteiger partial charge >= 0.3 is 6.18 Å². The molecular weight excluding hydrogens is 530 g/mol. The van der Waals surface area contributed by atoms with E-state index in [0.29, 0.717) is 11.3 Å².